The Balaban J connectivity index is 1.66. The first-order chi connectivity index (χ1) is 10.2. The van der Waals surface area contributed by atoms with E-state index in [1.165, 1.54) is 37.1 Å². The Labute approximate surface area is 132 Å². The maximum Gasteiger partial charge on any atom is 0.261 e. The fourth-order valence-corrected chi connectivity index (χ4v) is 3.65. The molecule has 1 aliphatic rings. The second-order valence-corrected chi connectivity index (χ2v) is 7.35. The molecule has 118 valence electrons. The van der Waals surface area contributed by atoms with Crippen LogP contribution in [0.25, 0.3) is 0 Å². The van der Waals surface area contributed by atoms with Crippen LogP contribution in [0.1, 0.15) is 60.0 Å². The van der Waals surface area contributed by atoms with Crippen LogP contribution >= 0.6 is 11.3 Å². The molecule has 1 fully saturated rings. The summed E-state index contributed by atoms with van der Waals surface area (Å²) in [5, 5.41) is 3.19. The molecule has 2 rings (SSSR count). The van der Waals surface area contributed by atoms with Crippen molar-refractivity contribution in [2.24, 2.45) is 0 Å². The molecule has 1 N–H and O–H groups in total. The Morgan fingerprint density at radius 1 is 1.29 bits per heavy atom. The molecule has 1 amide bonds. The number of likely N-dealkylation sites (tertiary alicyclic amines) is 1. The van der Waals surface area contributed by atoms with Crippen LogP contribution < -0.4 is 5.32 Å². The number of thiophene rings is 1. The number of piperidine rings is 1. The summed E-state index contributed by atoms with van der Waals surface area (Å²) in [6.45, 7) is 7.77. The monoisotopic (exact) mass is 308 g/mol. The first kappa shape index (κ1) is 16.5. The molecule has 1 aliphatic heterocycles. The summed E-state index contributed by atoms with van der Waals surface area (Å²) in [6.07, 6.45) is 7.50. The molecule has 1 aromatic rings. The number of nitrogens with zero attached hydrogens (tertiary/aromatic N) is 1. The molecular weight excluding hydrogens is 280 g/mol. The minimum Gasteiger partial charge on any atom is -0.349 e. The first-order valence-electron chi connectivity index (χ1n) is 8.28. The Kier molecular flexibility index (Phi) is 6.71. The molecule has 3 nitrogen and oxygen atoms in total. The van der Waals surface area contributed by atoms with Gasteiger partial charge >= 0.3 is 0 Å². The van der Waals surface area contributed by atoms with Crippen LogP contribution in [0.2, 0.25) is 0 Å². The Morgan fingerprint density at radius 3 is 2.67 bits per heavy atom. The highest BCUT2D eigenvalue weighted by molar-refractivity contribution is 7.13. The van der Waals surface area contributed by atoms with E-state index in [2.05, 4.69) is 17.1 Å². The predicted molar refractivity (Wildman–Crippen MR) is 90.1 cm³/mol. The van der Waals surface area contributed by atoms with Gasteiger partial charge < -0.3 is 10.2 Å². The highest BCUT2D eigenvalue weighted by Crippen LogP contribution is 2.17. The molecule has 21 heavy (non-hydrogen) atoms. The molecule has 0 radical (unpaired) electrons. The van der Waals surface area contributed by atoms with Crippen LogP contribution in [0, 0.1) is 6.92 Å². The van der Waals surface area contributed by atoms with Crippen LogP contribution in [0.4, 0.5) is 0 Å². The minimum absolute atomic E-state index is 0.106. The van der Waals surface area contributed by atoms with Crippen molar-refractivity contribution >= 4 is 17.2 Å². The van der Waals surface area contributed by atoms with Crippen LogP contribution in [-0.4, -0.2) is 36.5 Å². The number of rotatable bonds is 7. The Bertz CT molecular complexity index is 436. The van der Waals surface area contributed by atoms with Crippen LogP contribution in [-0.2, 0) is 0 Å². The lowest BCUT2D eigenvalue weighted by molar-refractivity contribution is 0.0914. The predicted octanol–water partition coefficient (Wildman–Crippen LogP) is 3.83. The van der Waals surface area contributed by atoms with Crippen molar-refractivity contribution in [2.45, 2.75) is 58.4 Å². The highest BCUT2D eigenvalue weighted by atomic mass is 32.1. The van der Waals surface area contributed by atoms with E-state index in [0.717, 1.165) is 30.8 Å². The number of hydrogen-bond acceptors (Lipinski definition) is 3. The average molecular weight is 308 g/mol. The van der Waals surface area contributed by atoms with E-state index in [-0.39, 0.29) is 5.91 Å². The zero-order valence-corrected chi connectivity index (χ0v) is 14.2. The number of carbonyl (C=O) groups excluding carboxylic acids is 1. The van der Waals surface area contributed by atoms with Gasteiger partial charge in [0.25, 0.3) is 5.91 Å². The molecule has 0 aliphatic carbocycles. The Morgan fingerprint density at radius 2 is 2.05 bits per heavy atom. The van der Waals surface area contributed by atoms with Crippen molar-refractivity contribution in [2.75, 3.05) is 19.6 Å². The van der Waals surface area contributed by atoms with Crippen molar-refractivity contribution in [1.82, 2.24) is 10.2 Å². The van der Waals surface area contributed by atoms with Gasteiger partial charge in [-0.25, -0.2) is 0 Å². The van der Waals surface area contributed by atoms with Gasteiger partial charge in [0.1, 0.15) is 0 Å². The molecule has 0 atom stereocenters. The summed E-state index contributed by atoms with van der Waals surface area (Å²) in [4.78, 5) is 16.7. The van der Waals surface area contributed by atoms with E-state index in [9.17, 15) is 4.79 Å². The lowest BCUT2D eigenvalue weighted by Gasteiger charge is -2.32. The van der Waals surface area contributed by atoms with Gasteiger partial charge in [-0.2, -0.15) is 0 Å². The quantitative estimate of drug-likeness (QED) is 0.776. The molecule has 0 bridgehead atoms. The number of unbranched alkanes of at least 4 members (excludes halogenated alkanes) is 3. The number of hydrogen-bond donors (Lipinski definition) is 1. The zero-order chi connectivity index (χ0) is 15.1. The Hall–Kier alpha value is -0.870. The van der Waals surface area contributed by atoms with Crippen molar-refractivity contribution < 1.29 is 4.79 Å². The van der Waals surface area contributed by atoms with E-state index in [1.807, 2.05) is 19.1 Å². The zero-order valence-electron chi connectivity index (χ0n) is 13.4. The first-order valence-corrected chi connectivity index (χ1v) is 9.10. The maximum absolute atomic E-state index is 12.1. The van der Waals surface area contributed by atoms with Gasteiger partial charge in [-0.1, -0.05) is 26.2 Å². The van der Waals surface area contributed by atoms with Crippen LogP contribution in [0.5, 0.6) is 0 Å². The topological polar surface area (TPSA) is 32.3 Å². The van der Waals surface area contributed by atoms with Crippen molar-refractivity contribution in [1.29, 1.82) is 0 Å². The van der Waals surface area contributed by atoms with E-state index >= 15 is 0 Å². The maximum atomic E-state index is 12.1. The van der Waals surface area contributed by atoms with E-state index < -0.39 is 0 Å². The summed E-state index contributed by atoms with van der Waals surface area (Å²) in [6, 6.07) is 4.29. The van der Waals surface area contributed by atoms with Gasteiger partial charge in [-0.15, -0.1) is 11.3 Å². The van der Waals surface area contributed by atoms with Gasteiger partial charge in [-0.05, 0) is 44.9 Å². The van der Waals surface area contributed by atoms with Crippen LogP contribution in [0.15, 0.2) is 12.1 Å². The number of amides is 1. The van der Waals surface area contributed by atoms with E-state index in [1.54, 1.807) is 11.3 Å². The summed E-state index contributed by atoms with van der Waals surface area (Å²) < 4.78 is 0. The second kappa shape index (κ2) is 8.54. The second-order valence-electron chi connectivity index (χ2n) is 6.06. The molecule has 0 unspecified atom stereocenters. The molecule has 1 aromatic heterocycles. The average Bonchev–Trinajstić information content (AvgIpc) is 2.92. The van der Waals surface area contributed by atoms with E-state index in [4.69, 9.17) is 0 Å². The lowest BCUT2D eigenvalue weighted by Crippen LogP contribution is -2.44. The lowest BCUT2D eigenvalue weighted by atomic mass is 10.0. The standard InChI is InChI=1S/C17H28N2OS/c1-3-4-5-6-11-19-12-9-15(10-13-19)18-17(20)16-8-7-14(2)21-16/h7-8,15H,3-6,9-13H2,1-2H3,(H,18,20). The van der Waals surface area contributed by atoms with Gasteiger partial charge in [0.05, 0.1) is 4.88 Å². The van der Waals surface area contributed by atoms with Gasteiger partial charge in [-0.3, -0.25) is 4.79 Å². The SMILES string of the molecule is CCCCCCN1CCC(NC(=O)c2ccc(C)s2)CC1. The molecule has 1 saturated heterocycles. The van der Waals surface area contributed by atoms with Crippen LogP contribution in [0.3, 0.4) is 0 Å². The number of carbonyl (C=O) groups is 1. The number of aryl methyl sites for hydroxylation is 1. The summed E-state index contributed by atoms with van der Waals surface area (Å²) in [7, 11) is 0. The van der Waals surface area contributed by atoms with Crippen molar-refractivity contribution in [3.63, 3.8) is 0 Å². The molecule has 4 heteroatoms. The van der Waals surface area contributed by atoms with Gasteiger partial charge in [0.15, 0.2) is 0 Å². The third-order valence-electron chi connectivity index (χ3n) is 4.21. The summed E-state index contributed by atoms with van der Waals surface area (Å²) in [5.41, 5.74) is 0. The third kappa shape index (κ3) is 5.44. The molecular formula is C17H28N2OS. The molecule has 2 heterocycles. The van der Waals surface area contributed by atoms with E-state index in [0.29, 0.717) is 6.04 Å². The van der Waals surface area contributed by atoms with Crippen molar-refractivity contribution in [3.8, 4) is 0 Å². The van der Waals surface area contributed by atoms with Crippen molar-refractivity contribution in [3.05, 3.63) is 21.9 Å². The minimum atomic E-state index is 0.106. The highest BCUT2D eigenvalue weighted by Gasteiger charge is 2.21. The summed E-state index contributed by atoms with van der Waals surface area (Å²) >= 11 is 1.58. The largest absolute Gasteiger partial charge is 0.349 e. The number of nitrogens with one attached hydrogen (secondary N) is 1. The van der Waals surface area contributed by atoms with Gasteiger partial charge in [0.2, 0.25) is 0 Å². The fourth-order valence-electron chi connectivity index (χ4n) is 2.88. The molecule has 0 spiro atoms. The fraction of sp³-hybridized carbons (Fsp3) is 0.706. The normalized spacial score (nSPS) is 17.0. The third-order valence-corrected chi connectivity index (χ3v) is 5.21. The smallest absolute Gasteiger partial charge is 0.261 e. The van der Waals surface area contributed by atoms with Gasteiger partial charge in [0, 0.05) is 24.0 Å². The molecule has 0 saturated carbocycles. The summed E-state index contributed by atoms with van der Waals surface area (Å²) in [5.74, 6) is 0.106. The molecule has 0 aromatic carbocycles.